The summed E-state index contributed by atoms with van der Waals surface area (Å²) in [5, 5.41) is 5.60. The minimum atomic E-state index is -0.779. The van der Waals surface area contributed by atoms with Crippen molar-refractivity contribution < 1.29 is 23.9 Å². The zero-order chi connectivity index (χ0) is 19.6. The summed E-state index contributed by atoms with van der Waals surface area (Å²) in [6, 6.07) is 6.19. The highest BCUT2D eigenvalue weighted by Gasteiger charge is 2.23. The Bertz CT molecular complexity index is 693. The van der Waals surface area contributed by atoms with Crippen LogP contribution in [0.2, 0.25) is 0 Å². The fraction of sp³-hybridized carbons (Fsp3) is 0.450. The number of allylic oxidation sites excluding steroid dienone is 1. The Hall–Kier alpha value is -2.83. The molecule has 2 rings (SSSR count). The lowest BCUT2D eigenvalue weighted by atomic mass is 10.2. The third-order valence-electron chi connectivity index (χ3n) is 4.10. The van der Waals surface area contributed by atoms with Gasteiger partial charge in [0.2, 0.25) is 5.91 Å². The number of ether oxygens (including phenoxy) is 2. The minimum Gasteiger partial charge on any atom is -0.434 e. The molecular weight excluding hydrogens is 348 g/mol. The number of hydrogen-bond donors (Lipinski definition) is 2. The highest BCUT2D eigenvalue weighted by molar-refractivity contribution is 5.94. The van der Waals surface area contributed by atoms with Crippen molar-refractivity contribution in [2.45, 2.75) is 33.1 Å². The zero-order valence-corrected chi connectivity index (χ0v) is 15.7. The van der Waals surface area contributed by atoms with E-state index in [1.165, 1.54) is 25.0 Å². The number of hydrogen-bond acceptors (Lipinski definition) is 5. The first-order valence-corrected chi connectivity index (χ1v) is 9.18. The molecule has 0 saturated heterocycles. The molecule has 0 atom stereocenters. The Morgan fingerprint density at radius 3 is 2.41 bits per heavy atom. The summed E-state index contributed by atoms with van der Waals surface area (Å²) in [4.78, 5) is 35.0. The SMILES string of the molecule is CCOC(=O)Oc1ccc(C(=O)NCCCNC(=O)/C=C(\C)C2CC2)cc1. The molecule has 2 N–H and O–H groups in total. The van der Waals surface area contributed by atoms with Crippen LogP contribution in [0.1, 0.15) is 43.5 Å². The van der Waals surface area contributed by atoms with Gasteiger partial charge >= 0.3 is 6.16 Å². The Morgan fingerprint density at radius 2 is 1.78 bits per heavy atom. The van der Waals surface area contributed by atoms with Crippen LogP contribution in [0.25, 0.3) is 0 Å². The predicted octanol–water partition coefficient (Wildman–Crippen LogP) is 2.81. The first kappa shape index (κ1) is 20.5. The molecule has 7 heteroatoms. The number of carbonyl (C=O) groups is 3. The molecule has 2 amide bonds. The third kappa shape index (κ3) is 7.52. The van der Waals surface area contributed by atoms with Gasteiger partial charge in [-0.25, -0.2) is 4.79 Å². The molecule has 0 heterocycles. The van der Waals surface area contributed by atoms with E-state index >= 15 is 0 Å². The van der Waals surface area contributed by atoms with Crippen molar-refractivity contribution in [1.29, 1.82) is 0 Å². The molecule has 0 aromatic heterocycles. The van der Waals surface area contributed by atoms with Crippen LogP contribution in [-0.4, -0.2) is 37.7 Å². The molecule has 1 aliphatic carbocycles. The maximum absolute atomic E-state index is 12.1. The molecule has 0 bridgehead atoms. The molecule has 146 valence electrons. The van der Waals surface area contributed by atoms with Gasteiger partial charge in [-0.1, -0.05) is 5.57 Å². The van der Waals surface area contributed by atoms with Gasteiger partial charge in [-0.15, -0.1) is 0 Å². The zero-order valence-electron chi connectivity index (χ0n) is 15.7. The van der Waals surface area contributed by atoms with Crippen molar-refractivity contribution in [3.8, 4) is 5.75 Å². The molecule has 7 nitrogen and oxygen atoms in total. The summed E-state index contributed by atoms with van der Waals surface area (Å²) in [6.45, 7) is 4.86. The van der Waals surface area contributed by atoms with Gasteiger partial charge in [-0.3, -0.25) is 9.59 Å². The van der Waals surface area contributed by atoms with Crippen LogP contribution in [0.3, 0.4) is 0 Å². The summed E-state index contributed by atoms with van der Waals surface area (Å²) in [5.41, 5.74) is 1.59. The van der Waals surface area contributed by atoms with Crippen molar-refractivity contribution in [2.75, 3.05) is 19.7 Å². The molecular formula is C20H26N2O5. The summed E-state index contributed by atoms with van der Waals surface area (Å²) < 4.78 is 9.61. The largest absolute Gasteiger partial charge is 0.513 e. The van der Waals surface area contributed by atoms with Gasteiger partial charge in [-0.2, -0.15) is 0 Å². The molecule has 0 radical (unpaired) electrons. The monoisotopic (exact) mass is 374 g/mol. The van der Waals surface area contributed by atoms with Crippen LogP contribution in [0, 0.1) is 5.92 Å². The normalized spacial score (nSPS) is 13.6. The molecule has 0 aliphatic heterocycles. The van der Waals surface area contributed by atoms with E-state index < -0.39 is 6.16 Å². The highest BCUT2D eigenvalue weighted by atomic mass is 16.7. The molecule has 1 saturated carbocycles. The minimum absolute atomic E-state index is 0.0806. The average molecular weight is 374 g/mol. The summed E-state index contributed by atoms with van der Waals surface area (Å²) >= 11 is 0. The Balaban J connectivity index is 1.64. The number of amides is 2. The van der Waals surface area contributed by atoms with E-state index in [0.29, 0.717) is 36.7 Å². The molecule has 27 heavy (non-hydrogen) atoms. The first-order valence-electron chi connectivity index (χ1n) is 9.18. The lowest BCUT2D eigenvalue weighted by Crippen LogP contribution is -2.29. The smallest absolute Gasteiger partial charge is 0.434 e. The fourth-order valence-electron chi connectivity index (χ4n) is 2.44. The highest BCUT2D eigenvalue weighted by Crippen LogP contribution is 2.35. The molecule has 0 spiro atoms. The number of carbonyl (C=O) groups excluding carboxylic acids is 3. The topological polar surface area (TPSA) is 93.7 Å². The van der Waals surface area contributed by atoms with E-state index in [9.17, 15) is 14.4 Å². The lowest BCUT2D eigenvalue weighted by Gasteiger charge is -2.07. The van der Waals surface area contributed by atoms with Gasteiger partial charge < -0.3 is 20.1 Å². The summed E-state index contributed by atoms with van der Waals surface area (Å²) in [5.74, 6) is 0.586. The summed E-state index contributed by atoms with van der Waals surface area (Å²) in [7, 11) is 0. The molecule has 1 aliphatic rings. The fourth-order valence-corrected chi connectivity index (χ4v) is 2.44. The van der Waals surface area contributed by atoms with Crippen LogP contribution in [0.4, 0.5) is 4.79 Å². The van der Waals surface area contributed by atoms with E-state index in [4.69, 9.17) is 4.74 Å². The predicted molar refractivity (Wildman–Crippen MR) is 101 cm³/mol. The maximum Gasteiger partial charge on any atom is 0.513 e. The molecule has 0 unspecified atom stereocenters. The standard InChI is InChI=1S/C20H26N2O5/c1-3-26-20(25)27-17-9-7-16(8-10-17)19(24)22-12-4-11-21-18(23)13-14(2)15-5-6-15/h7-10,13,15H,3-6,11-12H2,1-2H3,(H,21,23)(H,22,24)/b14-13+. The van der Waals surface area contributed by atoms with Gasteiger partial charge in [-0.05, 0) is 63.3 Å². The molecule has 1 fully saturated rings. The van der Waals surface area contributed by atoms with Gasteiger partial charge in [0.1, 0.15) is 5.75 Å². The molecule has 1 aromatic rings. The average Bonchev–Trinajstić information content (AvgIpc) is 3.47. The van der Waals surface area contributed by atoms with Crippen molar-refractivity contribution in [1.82, 2.24) is 10.6 Å². The second-order valence-corrected chi connectivity index (χ2v) is 6.37. The Labute approximate surface area is 159 Å². The van der Waals surface area contributed by atoms with Gasteiger partial charge in [0, 0.05) is 24.7 Å². The van der Waals surface area contributed by atoms with E-state index in [-0.39, 0.29) is 18.4 Å². The third-order valence-corrected chi connectivity index (χ3v) is 4.10. The van der Waals surface area contributed by atoms with Crippen molar-refractivity contribution >= 4 is 18.0 Å². The number of nitrogens with one attached hydrogen (secondary N) is 2. The second kappa shape index (κ2) is 10.4. The Morgan fingerprint density at radius 1 is 1.11 bits per heavy atom. The molecule has 1 aromatic carbocycles. The van der Waals surface area contributed by atoms with Crippen LogP contribution in [0.15, 0.2) is 35.9 Å². The van der Waals surface area contributed by atoms with Gasteiger partial charge in [0.25, 0.3) is 5.91 Å². The number of benzene rings is 1. The van der Waals surface area contributed by atoms with E-state index in [2.05, 4.69) is 15.4 Å². The van der Waals surface area contributed by atoms with Crippen molar-refractivity contribution in [3.05, 3.63) is 41.5 Å². The quantitative estimate of drug-likeness (QED) is 0.300. The van der Waals surface area contributed by atoms with Crippen LogP contribution >= 0.6 is 0 Å². The second-order valence-electron chi connectivity index (χ2n) is 6.37. The Kier molecular flexibility index (Phi) is 7.85. The van der Waals surface area contributed by atoms with Crippen molar-refractivity contribution in [3.63, 3.8) is 0 Å². The number of rotatable bonds is 9. The van der Waals surface area contributed by atoms with E-state index in [1.807, 2.05) is 6.92 Å². The van der Waals surface area contributed by atoms with Crippen LogP contribution < -0.4 is 15.4 Å². The van der Waals surface area contributed by atoms with Gasteiger partial charge in [0.05, 0.1) is 6.61 Å². The van der Waals surface area contributed by atoms with Gasteiger partial charge in [0.15, 0.2) is 0 Å². The van der Waals surface area contributed by atoms with E-state index in [1.54, 1.807) is 25.1 Å². The van der Waals surface area contributed by atoms with Crippen molar-refractivity contribution in [2.24, 2.45) is 5.92 Å². The maximum atomic E-state index is 12.1. The summed E-state index contributed by atoms with van der Waals surface area (Å²) in [6.07, 6.45) is 3.88. The van der Waals surface area contributed by atoms with E-state index in [0.717, 1.165) is 5.57 Å². The van der Waals surface area contributed by atoms with Crippen LogP contribution in [0.5, 0.6) is 5.75 Å². The lowest BCUT2D eigenvalue weighted by molar-refractivity contribution is -0.116. The first-order chi connectivity index (χ1) is 13.0. The van der Waals surface area contributed by atoms with Crippen LogP contribution in [-0.2, 0) is 9.53 Å².